The summed E-state index contributed by atoms with van der Waals surface area (Å²) in [6.07, 6.45) is 8.03. The number of aromatic nitrogens is 4. The number of anilines is 1. The van der Waals surface area contributed by atoms with Gasteiger partial charge in [0.25, 0.3) is 0 Å². The Hall–Kier alpha value is -2.56. The molecule has 5 rings (SSSR count). The van der Waals surface area contributed by atoms with Gasteiger partial charge in [-0.2, -0.15) is 8.42 Å². The second-order valence-corrected chi connectivity index (χ2v) is 9.31. The van der Waals surface area contributed by atoms with E-state index >= 15 is 0 Å². The molecule has 3 atom stereocenters. The van der Waals surface area contributed by atoms with Crippen molar-refractivity contribution in [3.63, 3.8) is 0 Å². The summed E-state index contributed by atoms with van der Waals surface area (Å²) in [5.41, 5.74) is 4.24. The van der Waals surface area contributed by atoms with Crippen LogP contribution in [0.15, 0.2) is 36.9 Å². The molecule has 30 heavy (non-hydrogen) atoms. The smallest absolute Gasteiger partial charge is 0.333 e. The third kappa shape index (κ3) is 3.78. The number of nitrogens with one attached hydrogen (secondary N) is 1. The molecule has 0 amide bonds. The first-order valence-electron chi connectivity index (χ1n) is 10.2. The van der Waals surface area contributed by atoms with Crippen molar-refractivity contribution in [2.75, 3.05) is 11.9 Å². The molecule has 1 saturated carbocycles. The predicted molar refractivity (Wildman–Crippen MR) is 112 cm³/mol. The van der Waals surface area contributed by atoms with E-state index in [9.17, 15) is 8.42 Å². The van der Waals surface area contributed by atoms with Crippen molar-refractivity contribution >= 4 is 27.3 Å². The van der Waals surface area contributed by atoms with Gasteiger partial charge in [0.15, 0.2) is 11.5 Å². The standard InChI is InChI=1S/C20H24N6O3S/c21-30(27,28)29-10-13-5-7-15(9-13)26-12-24-18-19(22-11-23-20(18)26)25-17-8-6-14-3-1-2-4-16(14)17/h1-4,11-13,15,17H,5-10H2,(H2,21,27,28)(H,22,23,25)/t13-,15+,17+/m1/s1. The van der Waals surface area contributed by atoms with E-state index in [0.717, 1.165) is 49.1 Å². The van der Waals surface area contributed by atoms with Gasteiger partial charge in [0.2, 0.25) is 0 Å². The van der Waals surface area contributed by atoms with E-state index in [1.165, 1.54) is 11.1 Å². The molecule has 9 nitrogen and oxygen atoms in total. The first kappa shape index (κ1) is 19.4. The van der Waals surface area contributed by atoms with Gasteiger partial charge in [0.05, 0.1) is 19.0 Å². The molecule has 2 aliphatic carbocycles. The lowest BCUT2D eigenvalue weighted by atomic mass is 10.1. The van der Waals surface area contributed by atoms with Crippen LogP contribution < -0.4 is 10.5 Å². The van der Waals surface area contributed by atoms with Crippen LogP contribution >= 0.6 is 0 Å². The van der Waals surface area contributed by atoms with E-state index in [0.29, 0.717) is 0 Å². The third-order valence-electron chi connectivity index (χ3n) is 6.18. The molecule has 2 heterocycles. The molecule has 0 radical (unpaired) electrons. The number of nitrogens with two attached hydrogens (primary N) is 1. The Morgan fingerprint density at radius 2 is 2.03 bits per heavy atom. The lowest BCUT2D eigenvalue weighted by Crippen LogP contribution is -2.19. The number of imidazole rings is 1. The second kappa shape index (κ2) is 7.60. The van der Waals surface area contributed by atoms with Crippen molar-refractivity contribution in [3.05, 3.63) is 48.0 Å². The summed E-state index contributed by atoms with van der Waals surface area (Å²) in [4.78, 5) is 13.5. The molecule has 0 saturated heterocycles. The minimum Gasteiger partial charge on any atom is -0.361 e. The van der Waals surface area contributed by atoms with Gasteiger partial charge in [-0.15, -0.1) is 0 Å². The van der Waals surface area contributed by atoms with Crippen molar-refractivity contribution in [1.82, 2.24) is 19.5 Å². The van der Waals surface area contributed by atoms with Gasteiger partial charge in [-0.3, -0.25) is 4.18 Å². The normalized spacial score (nSPS) is 23.7. The number of hydrogen-bond acceptors (Lipinski definition) is 7. The Balaban J connectivity index is 1.35. The van der Waals surface area contributed by atoms with Gasteiger partial charge in [0.1, 0.15) is 11.8 Å². The van der Waals surface area contributed by atoms with Crippen LogP contribution in [0.25, 0.3) is 11.2 Å². The minimum atomic E-state index is -3.90. The summed E-state index contributed by atoms with van der Waals surface area (Å²) < 4.78 is 28.9. The summed E-state index contributed by atoms with van der Waals surface area (Å²) in [5, 5.41) is 8.50. The molecule has 0 aliphatic heterocycles. The van der Waals surface area contributed by atoms with Crippen molar-refractivity contribution in [1.29, 1.82) is 0 Å². The molecular weight excluding hydrogens is 404 g/mol. The predicted octanol–water partition coefficient (Wildman–Crippen LogP) is 2.49. The molecule has 2 aliphatic rings. The summed E-state index contributed by atoms with van der Waals surface area (Å²) in [7, 11) is -3.90. The van der Waals surface area contributed by atoms with Crippen LogP contribution in [0.2, 0.25) is 0 Å². The Morgan fingerprint density at radius 3 is 2.90 bits per heavy atom. The average molecular weight is 429 g/mol. The highest BCUT2D eigenvalue weighted by Crippen LogP contribution is 2.38. The van der Waals surface area contributed by atoms with Crippen LogP contribution in [0.1, 0.15) is 48.9 Å². The second-order valence-electron chi connectivity index (χ2n) is 8.09. The Morgan fingerprint density at radius 1 is 1.17 bits per heavy atom. The fourth-order valence-electron chi connectivity index (χ4n) is 4.74. The van der Waals surface area contributed by atoms with Crippen molar-refractivity contribution in [3.8, 4) is 0 Å². The van der Waals surface area contributed by atoms with Crippen LogP contribution in [0.5, 0.6) is 0 Å². The van der Waals surface area contributed by atoms with E-state index in [-0.39, 0.29) is 24.6 Å². The summed E-state index contributed by atoms with van der Waals surface area (Å²) in [6.45, 7) is 0.116. The number of fused-ring (bicyclic) bond motifs is 2. The molecule has 1 fully saturated rings. The fourth-order valence-corrected chi connectivity index (χ4v) is 5.12. The van der Waals surface area contributed by atoms with E-state index in [1.54, 1.807) is 12.7 Å². The quantitative estimate of drug-likeness (QED) is 0.618. The highest BCUT2D eigenvalue weighted by molar-refractivity contribution is 7.84. The van der Waals surface area contributed by atoms with Gasteiger partial charge in [-0.05, 0) is 49.1 Å². The largest absolute Gasteiger partial charge is 0.361 e. The summed E-state index contributed by atoms with van der Waals surface area (Å²) >= 11 is 0. The van der Waals surface area contributed by atoms with Crippen molar-refractivity contribution < 1.29 is 12.6 Å². The number of aryl methyl sites for hydroxylation is 1. The maximum atomic E-state index is 11.0. The number of hydrogen-bond donors (Lipinski definition) is 2. The molecule has 10 heteroatoms. The van der Waals surface area contributed by atoms with Crippen LogP contribution in [-0.2, 0) is 20.9 Å². The lowest BCUT2D eigenvalue weighted by molar-refractivity contribution is 0.253. The Bertz CT molecular complexity index is 1180. The van der Waals surface area contributed by atoms with Gasteiger partial charge < -0.3 is 9.88 Å². The maximum absolute atomic E-state index is 11.0. The van der Waals surface area contributed by atoms with E-state index in [4.69, 9.17) is 9.32 Å². The topological polar surface area (TPSA) is 125 Å². The van der Waals surface area contributed by atoms with Crippen LogP contribution in [0.3, 0.4) is 0 Å². The molecule has 0 unspecified atom stereocenters. The highest BCUT2D eigenvalue weighted by atomic mass is 32.2. The van der Waals surface area contributed by atoms with Crippen molar-refractivity contribution in [2.45, 2.75) is 44.2 Å². The molecular formula is C20H24N6O3S. The first-order chi connectivity index (χ1) is 14.5. The first-order valence-corrected chi connectivity index (χ1v) is 11.6. The van der Waals surface area contributed by atoms with Crippen LogP contribution in [0, 0.1) is 5.92 Å². The van der Waals surface area contributed by atoms with E-state index < -0.39 is 10.3 Å². The average Bonchev–Trinajstić information content (AvgIpc) is 3.44. The fraction of sp³-hybridized carbons (Fsp3) is 0.450. The molecule has 158 valence electrons. The zero-order valence-corrected chi connectivity index (χ0v) is 17.3. The lowest BCUT2D eigenvalue weighted by Gasteiger charge is -2.16. The molecule has 2 aromatic heterocycles. The monoisotopic (exact) mass is 428 g/mol. The zero-order valence-electron chi connectivity index (χ0n) is 16.4. The summed E-state index contributed by atoms with van der Waals surface area (Å²) in [5.74, 6) is 0.882. The SMILES string of the molecule is NS(=O)(=O)OC[C@@H]1CC[C@H](n2cnc3c(N[C@H]4CCc5ccccc54)ncnc32)C1. The third-order valence-corrected chi connectivity index (χ3v) is 6.64. The summed E-state index contributed by atoms with van der Waals surface area (Å²) in [6, 6.07) is 8.90. The number of rotatable bonds is 6. The number of nitrogens with zero attached hydrogens (tertiary/aromatic N) is 4. The van der Waals surface area contributed by atoms with Gasteiger partial charge >= 0.3 is 10.3 Å². The van der Waals surface area contributed by atoms with Gasteiger partial charge in [-0.1, -0.05) is 24.3 Å². The zero-order chi connectivity index (χ0) is 20.7. The Kier molecular flexibility index (Phi) is 4.92. The van der Waals surface area contributed by atoms with E-state index in [2.05, 4.69) is 49.1 Å². The minimum absolute atomic E-state index is 0.116. The maximum Gasteiger partial charge on any atom is 0.333 e. The van der Waals surface area contributed by atoms with E-state index in [1.807, 2.05) is 0 Å². The van der Waals surface area contributed by atoms with Crippen LogP contribution in [-0.4, -0.2) is 34.5 Å². The molecule has 3 aromatic rings. The van der Waals surface area contributed by atoms with Crippen LogP contribution in [0.4, 0.5) is 5.82 Å². The Labute approximate surface area is 174 Å². The van der Waals surface area contributed by atoms with Gasteiger partial charge in [-0.25, -0.2) is 20.1 Å². The molecule has 1 aromatic carbocycles. The number of benzene rings is 1. The van der Waals surface area contributed by atoms with Gasteiger partial charge in [0, 0.05) is 6.04 Å². The molecule has 0 spiro atoms. The molecule has 3 N–H and O–H groups in total. The highest BCUT2D eigenvalue weighted by Gasteiger charge is 2.29. The molecule has 0 bridgehead atoms. The van der Waals surface area contributed by atoms with Crippen molar-refractivity contribution in [2.24, 2.45) is 11.1 Å².